The van der Waals surface area contributed by atoms with Gasteiger partial charge in [-0.15, -0.1) is 0 Å². The van der Waals surface area contributed by atoms with Crippen molar-refractivity contribution in [2.75, 3.05) is 33.7 Å². The van der Waals surface area contributed by atoms with E-state index in [0.29, 0.717) is 19.6 Å². The van der Waals surface area contributed by atoms with Gasteiger partial charge in [-0.05, 0) is 5.56 Å². The molecule has 0 saturated carbocycles. The van der Waals surface area contributed by atoms with Gasteiger partial charge in [0.1, 0.15) is 0 Å². The molecule has 3 amide bonds. The summed E-state index contributed by atoms with van der Waals surface area (Å²) < 4.78 is 0. The van der Waals surface area contributed by atoms with Gasteiger partial charge in [0.05, 0.1) is 13.1 Å². The van der Waals surface area contributed by atoms with Crippen molar-refractivity contribution in [2.45, 2.75) is 6.54 Å². The van der Waals surface area contributed by atoms with Crippen molar-refractivity contribution < 1.29 is 9.59 Å². The van der Waals surface area contributed by atoms with Crippen LogP contribution in [0.5, 0.6) is 0 Å². The third-order valence-electron chi connectivity index (χ3n) is 3.23. The van der Waals surface area contributed by atoms with E-state index in [-0.39, 0.29) is 18.5 Å². The minimum absolute atomic E-state index is 0.0848. The standard InChI is InChI=1S/C15H21N5O2/c1-19(2)14(17-10-12-6-4-3-5-7-12)16-8-9-20-13(21)11-18-15(20)22/h3-7H,8-11H2,1-2H3,(H,16,17)(H,18,22). The summed E-state index contributed by atoms with van der Waals surface area (Å²) >= 11 is 0. The number of hydrogen-bond acceptors (Lipinski definition) is 3. The fourth-order valence-electron chi connectivity index (χ4n) is 2.07. The van der Waals surface area contributed by atoms with Crippen LogP contribution in [0.25, 0.3) is 0 Å². The lowest BCUT2D eigenvalue weighted by Gasteiger charge is -2.19. The zero-order valence-corrected chi connectivity index (χ0v) is 12.9. The van der Waals surface area contributed by atoms with E-state index in [1.54, 1.807) is 0 Å². The number of nitrogens with one attached hydrogen (secondary N) is 2. The molecule has 1 aliphatic heterocycles. The highest BCUT2D eigenvalue weighted by atomic mass is 16.2. The fraction of sp³-hybridized carbons (Fsp3) is 0.400. The van der Waals surface area contributed by atoms with Gasteiger partial charge >= 0.3 is 6.03 Å². The Morgan fingerprint density at radius 1 is 1.32 bits per heavy atom. The van der Waals surface area contributed by atoms with Crippen LogP contribution >= 0.6 is 0 Å². The van der Waals surface area contributed by atoms with E-state index in [4.69, 9.17) is 0 Å². The van der Waals surface area contributed by atoms with E-state index in [1.165, 1.54) is 4.90 Å². The first-order valence-corrected chi connectivity index (χ1v) is 7.15. The normalized spacial score (nSPS) is 15.0. The Hall–Kier alpha value is -2.57. The highest BCUT2D eigenvalue weighted by Gasteiger charge is 2.27. The van der Waals surface area contributed by atoms with Gasteiger partial charge in [-0.3, -0.25) is 9.69 Å². The molecule has 0 atom stereocenters. The van der Waals surface area contributed by atoms with Gasteiger partial charge in [-0.2, -0.15) is 0 Å². The van der Waals surface area contributed by atoms with Gasteiger partial charge in [0, 0.05) is 27.2 Å². The molecule has 0 aliphatic carbocycles. The summed E-state index contributed by atoms with van der Waals surface area (Å²) in [5.74, 6) is 0.523. The molecule has 7 nitrogen and oxygen atoms in total. The van der Waals surface area contributed by atoms with E-state index < -0.39 is 0 Å². The average Bonchev–Trinajstić information content (AvgIpc) is 2.83. The number of aliphatic imine (C=N–C) groups is 1. The number of amides is 3. The number of guanidine groups is 1. The van der Waals surface area contributed by atoms with Crippen molar-refractivity contribution in [1.29, 1.82) is 0 Å². The van der Waals surface area contributed by atoms with Crippen molar-refractivity contribution in [3.8, 4) is 0 Å². The predicted molar refractivity (Wildman–Crippen MR) is 84.4 cm³/mol. The van der Waals surface area contributed by atoms with Crippen LogP contribution in [-0.2, 0) is 11.3 Å². The third kappa shape index (κ3) is 4.21. The Labute approximate surface area is 130 Å². The number of rotatable bonds is 5. The second-order valence-electron chi connectivity index (χ2n) is 5.15. The van der Waals surface area contributed by atoms with Gasteiger partial charge in [0.25, 0.3) is 0 Å². The van der Waals surface area contributed by atoms with E-state index in [2.05, 4.69) is 15.6 Å². The number of urea groups is 1. The number of carbonyl (C=O) groups is 2. The molecule has 1 fully saturated rings. The molecule has 0 bridgehead atoms. The molecule has 1 saturated heterocycles. The second kappa shape index (κ2) is 7.44. The largest absolute Gasteiger partial charge is 0.354 e. The molecule has 1 aromatic carbocycles. The van der Waals surface area contributed by atoms with Crippen LogP contribution in [0.3, 0.4) is 0 Å². The van der Waals surface area contributed by atoms with E-state index in [9.17, 15) is 9.59 Å². The van der Waals surface area contributed by atoms with Gasteiger partial charge < -0.3 is 15.5 Å². The Kier molecular flexibility index (Phi) is 5.35. The number of nitrogens with zero attached hydrogens (tertiary/aromatic N) is 3. The molecule has 118 valence electrons. The summed E-state index contributed by atoms with van der Waals surface area (Å²) in [5.41, 5.74) is 1.12. The molecule has 1 heterocycles. The molecular weight excluding hydrogens is 282 g/mol. The Balaban J connectivity index is 1.86. The minimum Gasteiger partial charge on any atom is -0.354 e. The van der Waals surface area contributed by atoms with E-state index in [1.807, 2.05) is 49.3 Å². The topological polar surface area (TPSA) is 77.0 Å². The molecule has 22 heavy (non-hydrogen) atoms. The summed E-state index contributed by atoms with van der Waals surface area (Å²) in [5, 5.41) is 5.66. The van der Waals surface area contributed by atoms with Crippen LogP contribution in [-0.4, -0.2) is 61.4 Å². The number of carbonyl (C=O) groups excluding carboxylic acids is 2. The van der Waals surface area contributed by atoms with Crippen molar-refractivity contribution in [3.05, 3.63) is 35.9 Å². The maximum atomic E-state index is 11.5. The second-order valence-corrected chi connectivity index (χ2v) is 5.15. The minimum atomic E-state index is -0.334. The number of hydrogen-bond donors (Lipinski definition) is 2. The lowest BCUT2D eigenvalue weighted by atomic mass is 10.2. The van der Waals surface area contributed by atoms with Crippen LogP contribution < -0.4 is 10.6 Å². The van der Waals surface area contributed by atoms with Gasteiger partial charge in [0.15, 0.2) is 5.96 Å². The lowest BCUT2D eigenvalue weighted by molar-refractivity contribution is -0.124. The van der Waals surface area contributed by atoms with Crippen LogP contribution in [0.4, 0.5) is 4.79 Å². The van der Waals surface area contributed by atoms with Crippen molar-refractivity contribution in [1.82, 2.24) is 20.4 Å². The first kappa shape index (κ1) is 15.8. The van der Waals surface area contributed by atoms with E-state index >= 15 is 0 Å². The van der Waals surface area contributed by atoms with Crippen molar-refractivity contribution >= 4 is 17.9 Å². The van der Waals surface area contributed by atoms with Gasteiger partial charge in [-0.25, -0.2) is 9.79 Å². The molecular formula is C15H21N5O2. The highest BCUT2D eigenvalue weighted by Crippen LogP contribution is 2.01. The molecule has 2 rings (SSSR count). The van der Waals surface area contributed by atoms with Crippen LogP contribution in [0.15, 0.2) is 35.3 Å². The van der Waals surface area contributed by atoms with Gasteiger partial charge in [0.2, 0.25) is 5.91 Å². The SMILES string of the molecule is CN(C)C(=NCc1ccccc1)NCCN1C(=O)CNC1=O. The summed E-state index contributed by atoms with van der Waals surface area (Å²) in [6, 6.07) is 9.63. The van der Waals surface area contributed by atoms with Crippen LogP contribution in [0.1, 0.15) is 5.56 Å². The lowest BCUT2D eigenvalue weighted by Crippen LogP contribution is -2.42. The molecule has 7 heteroatoms. The zero-order valence-electron chi connectivity index (χ0n) is 12.9. The number of imide groups is 1. The smallest absolute Gasteiger partial charge is 0.324 e. The fourth-order valence-corrected chi connectivity index (χ4v) is 2.07. The third-order valence-corrected chi connectivity index (χ3v) is 3.23. The molecule has 2 N–H and O–H groups in total. The molecule has 0 unspecified atom stereocenters. The summed E-state index contributed by atoms with van der Waals surface area (Å²) in [6.45, 7) is 1.44. The zero-order chi connectivity index (χ0) is 15.9. The van der Waals surface area contributed by atoms with E-state index in [0.717, 1.165) is 11.5 Å². The van der Waals surface area contributed by atoms with Crippen molar-refractivity contribution in [3.63, 3.8) is 0 Å². The quantitative estimate of drug-likeness (QED) is 0.464. The maximum Gasteiger partial charge on any atom is 0.324 e. The Morgan fingerprint density at radius 2 is 2.05 bits per heavy atom. The van der Waals surface area contributed by atoms with Crippen LogP contribution in [0.2, 0.25) is 0 Å². The Bertz CT molecular complexity index is 540. The number of benzene rings is 1. The predicted octanol–water partition coefficient (Wildman–Crippen LogP) is 0.246. The summed E-state index contributed by atoms with van der Waals surface area (Å²) in [7, 11) is 3.79. The summed E-state index contributed by atoms with van der Waals surface area (Å²) in [6.07, 6.45) is 0. The molecule has 0 spiro atoms. The van der Waals surface area contributed by atoms with Gasteiger partial charge in [-0.1, -0.05) is 30.3 Å². The molecule has 0 radical (unpaired) electrons. The molecule has 1 aromatic rings. The Morgan fingerprint density at radius 3 is 2.64 bits per heavy atom. The molecule has 1 aliphatic rings. The first-order chi connectivity index (χ1) is 10.6. The average molecular weight is 303 g/mol. The maximum absolute atomic E-state index is 11.5. The highest BCUT2D eigenvalue weighted by molar-refractivity contribution is 6.01. The summed E-state index contributed by atoms with van der Waals surface area (Å²) in [4.78, 5) is 30.5. The first-order valence-electron chi connectivity index (χ1n) is 7.15. The molecule has 0 aromatic heterocycles. The van der Waals surface area contributed by atoms with Crippen molar-refractivity contribution in [2.24, 2.45) is 4.99 Å². The monoisotopic (exact) mass is 303 g/mol. The van der Waals surface area contributed by atoms with Crippen LogP contribution in [0, 0.1) is 0 Å².